The zero-order valence-corrected chi connectivity index (χ0v) is 15.0. The van der Waals surface area contributed by atoms with Crippen molar-refractivity contribution in [1.82, 2.24) is 30.1 Å². The number of aryl methyl sites for hydroxylation is 2. The SMILES string of the molecule is Cc1cccc(F)c1C(=O)NCC1Cn2nnc(-c3cnn(C)c3)c2CO1. The first-order valence-corrected chi connectivity index (χ1v) is 8.59. The Kier molecular flexibility index (Phi) is 4.44. The minimum atomic E-state index is -0.531. The molecule has 9 heteroatoms. The second kappa shape index (κ2) is 6.92. The van der Waals surface area contributed by atoms with Gasteiger partial charge in [-0.2, -0.15) is 5.10 Å². The van der Waals surface area contributed by atoms with Gasteiger partial charge in [0, 0.05) is 25.4 Å². The van der Waals surface area contributed by atoms with Crippen molar-refractivity contribution in [1.29, 1.82) is 0 Å². The Hall–Kier alpha value is -3.07. The van der Waals surface area contributed by atoms with Crippen molar-refractivity contribution in [2.24, 2.45) is 7.05 Å². The molecule has 0 radical (unpaired) electrons. The van der Waals surface area contributed by atoms with E-state index in [0.717, 1.165) is 17.0 Å². The molecule has 0 saturated heterocycles. The molecule has 0 saturated carbocycles. The maximum Gasteiger partial charge on any atom is 0.254 e. The van der Waals surface area contributed by atoms with Gasteiger partial charge in [0.05, 0.1) is 36.7 Å². The highest BCUT2D eigenvalue weighted by atomic mass is 19.1. The average Bonchev–Trinajstić information content (AvgIpc) is 3.25. The van der Waals surface area contributed by atoms with E-state index in [1.54, 1.807) is 34.6 Å². The Labute approximate surface area is 154 Å². The van der Waals surface area contributed by atoms with Gasteiger partial charge in [0.1, 0.15) is 11.5 Å². The number of benzene rings is 1. The number of hydrogen-bond acceptors (Lipinski definition) is 5. The predicted octanol–water partition coefficient (Wildman–Crippen LogP) is 1.45. The van der Waals surface area contributed by atoms with Crippen molar-refractivity contribution >= 4 is 5.91 Å². The van der Waals surface area contributed by atoms with Gasteiger partial charge in [-0.3, -0.25) is 9.48 Å². The fourth-order valence-corrected chi connectivity index (χ4v) is 3.17. The molecule has 27 heavy (non-hydrogen) atoms. The summed E-state index contributed by atoms with van der Waals surface area (Å²) in [6.45, 7) is 2.75. The molecule has 2 aromatic heterocycles. The molecular formula is C18H19FN6O2. The van der Waals surface area contributed by atoms with Crippen LogP contribution in [0.4, 0.5) is 4.39 Å². The first kappa shape index (κ1) is 17.3. The molecule has 8 nitrogen and oxygen atoms in total. The number of carbonyl (C=O) groups is 1. The fraction of sp³-hybridized carbons (Fsp3) is 0.333. The quantitative estimate of drug-likeness (QED) is 0.751. The van der Waals surface area contributed by atoms with Crippen molar-refractivity contribution in [3.63, 3.8) is 0 Å². The third-order valence-electron chi connectivity index (χ3n) is 4.59. The fourth-order valence-electron chi connectivity index (χ4n) is 3.17. The molecule has 0 spiro atoms. The smallest absolute Gasteiger partial charge is 0.254 e. The maximum atomic E-state index is 13.9. The Morgan fingerprint density at radius 3 is 3.04 bits per heavy atom. The van der Waals surface area contributed by atoms with Gasteiger partial charge in [-0.15, -0.1) is 5.10 Å². The van der Waals surface area contributed by atoms with Crippen LogP contribution in [0.2, 0.25) is 0 Å². The Bertz CT molecular complexity index is 975. The van der Waals surface area contributed by atoms with Crippen molar-refractivity contribution in [3.05, 3.63) is 53.2 Å². The normalized spacial score (nSPS) is 16.2. The minimum absolute atomic E-state index is 0.0635. The van der Waals surface area contributed by atoms with Crippen LogP contribution in [-0.2, 0) is 24.9 Å². The summed E-state index contributed by atoms with van der Waals surface area (Å²) in [7, 11) is 1.84. The first-order valence-electron chi connectivity index (χ1n) is 8.59. The van der Waals surface area contributed by atoms with Crippen LogP contribution in [0.15, 0.2) is 30.6 Å². The lowest BCUT2D eigenvalue weighted by atomic mass is 10.1. The lowest BCUT2D eigenvalue weighted by molar-refractivity contribution is 0.00174. The first-order chi connectivity index (χ1) is 13.0. The Morgan fingerprint density at radius 2 is 2.30 bits per heavy atom. The molecule has 4 rings (SSSR count). The molecular weight excluding hydrogens is 351 g/mol. The van der Waals surface area contributed by atoms with Crippen molar-refractivity contribution in [2.45, 2.75) is 26.2 Å². The highest BCUT2D eigenvalue weighted by Crippen LogP contribution is 2.24. The summed E-state index contributed by atoms with van der Waals surface area (Å²) < 4.78 is 23.2. The van der Waals surface area contributed by atoms with E-state index < -0.39 is 11.7 Å². The van der Waals surface area contributed by atoms with Gasteiger partial charge in [-0.1, -0.05) is 17.3 Å². The molecule has 1 N–H and O–H groups in total. The van der Waals surface area contributed by atoms with E-state index in [1.807, 2.05) is 13.2 Å². The summed E-state index contributed by atoms with van der Waals surface area (Å²) >= 11 is 0. The molecule has 3 heterocycles. The van der Waals surface area contributed by atoms with E-state index in [9.17, 15) is 9.18 Å². The Balaban J connectivity index is 1.42. The third kappa shape index (κ3) is 3.33. The summed E-state index contributed by atoms with van der Waals surface area (Å²) in [5.41, 5.74) is 3.15. The van der Waals surface area contributed by atoms with Crippen LogP contribution in [0.25, 0.3) is 11.3 Å². The highest BCUT2D eigenvalue weighted by molar-refractivity contribution is 5.95. The van der Waals surface area contributed by atoms with E-state index in [2.05, 4.69) is 20.7 Å². The number of fused-ring (bicyclic) bond motifs is 1. The lowest BCUT2D eigenvalue weighted by Crippen LogP contribution is -2.39. The van der Waals surface area contributed by atoms with Crippen LogP contribution < -0.4 is 5.32 Å². The van der Waals surface area contributed by atoms with E-state index in [1.165, 1.54) is 6.07 Å². The van der Waals surface area contributed by atoms with Gasteiger partial charge in [-0.25, -0.2) is 9.07 Å². The summed E-state index contributed by atoms with van der Waals surface area (Å²) in [6, 6.07) is 4.56. The monoisotopic (exact) mass is 370 g/mol. The second-order valence-corrected chi connectivity index (χ2v) is 6.54. The van der Waals surface area contributed by atoms with Crippen LogP contribution in [-0.4, -0.2) is 43.3 Å². The number of aromatic nitrogens is 5. The largest absolute Gasteiger partial charge is 0.368 e. The van der Waals surface area contributed by atoms with Gasteiger partial charge in [0.2, 0.25) is 0 Å². The average molecular weight is 370 g/mol. The van der Waals surface area contributed by atoms with Crippen LogP contribution in [0.1, 0.15) is 21.6 Å². The molecule has 1 amide bonds. The summed E-state index contributed by atoms with van der Waals surface area (Å²) in [5.74, 6) is -0.980. The molecule has 1 aliphatic heterocycles. The number of nitrogens with one attached hydrogen (secondary N) is 1. The molecule has 3 aromatic rings. The molecule has 1 atom stereocenters. The zero-order valence-electron chi connectivity index (χ0n) is 15.0. The zero-order chi connectivity index (χ0) is 19.0. The third-order valence-corrected chi connectivity index (χ3v) is 4.59. The van der Waals surface area contributed by atoms with Crippen LogP contribution >= 0.6 is 0 Å². The molecule has 0 fully saturated rings. The van der Waals surface area contributed by atoms with Gasteiger partial charge in [0.15, 0.2) is 0 Å². The topological polar surface area (TPSA) is 86.9 Å². The molecule has 0 bridgehead atoms. The summed E-state index contributed by atoms with van der Waals surface area (Å²) in [6.07, 6.45) is 3.33. The number of rotatable bonds is 4. The number of carbonyl (C=O) groups excluding carboxylic acids is 1. The molecule has 140 valence electrons. The second-order valence-electron chi connectivity index (χ2n) is 6.54. The lowest BCUT2D eigenvalue weighted by Gasteiger charge is -2.24. The van der Waals surface area contributed by atoms with Crippen molar-refractivity contribution < 1.29 is 13.9 Å². The van der Waals surface area contributed by atoms with E-state index >= 15 is 0 Å². The van der Waals surface area contributed by atoms with Gasteiger partial charge in [0.25, 0.3) is 5.91 Å². The number of amides is 1. The van der Waals surface area contributed by atoms with Gasteiger partial charge >= 0.3 is 0 Å². The summed E-state index contributed by atoms with van der Waals surface area (Å²) in [4.78, 5) is 12.3. The number of halogens is 1. The van der Waals surface area contributed by atoms with Crippen LogP contribution in [0.5, 0.6) is 0 Å². The van der Waals surface area contributed by atoms with Crippen molar-refractivity contribution in [2.75, 3.05) is 6.54 Å². The van der Waals surface area contributed by atoms with E-state index in [0.29, 0.717) is 18.7 Å². The molecule has 1 unspecified atom stereocenters. The molecule has 1 aromatic carbocycles. The van der Waals surface area contributed by atoms with Gasteiger partial charge < -0.3 is 10.1 Å². The minimum Gasteiger partial charge on any atom is -0.368 e. The van der Waals surface area contributed by atoms with Gasteiger partial charge in [-0.05, 0) is 18.6 Å². The Morgan fingerprint density at radius 1 is 1.44 bits per heavy atom. The number of ether oxygens (including phenoxy) is 1. The number of hydrogen-bond donors (Lipinski definition) is 1. The summed E-state index contributed by atoms with van der Waals surface area (Å²) in [5, 5.41) is 15.3. The van der Waals surface area contributed by atoms with E-state index in [-0.39, 0.29) is 18.2 Å². The molecule has 0 aliphatic carbocycles. The predicted molar refractivity (Wildman–Crippen MR) is 94.3 cm³/mol. The maximum absolute atomic E-state index is 13.9. The van der Waals surface area contributed by atoms with Crippen molar-refractivity contribution in [3.8, 4) is 11.3 Å². The molecule has 1 aliphatic rings. The van der Waals surface area contributed by atoms with E-state index in [4.69, 9.17) is 4.74 Å². The standard InChI is InChI=1S/C18H19FN6O2/c1-11-4-3-5-14(19)16(11)18(26)20-7-13-9-25-15(10-27-13)17(22-23-25)12-6-21-24(2)8-12/h3-6,8,13H,7,9-10H2,1-2H3,(H,20,26). The van der Waals surface area contributed by atoms with Crippen LogP contribution in [0.3, 0.4) is 0 Å². The van der Waals surface area contributed by atoms with Crippen LogP contribution in [0, 0.1) is 12.7 Å². The highest BCUT2D eigenvalue weighted by Gasteiger charge is 2.25. The number of nitrogens with zero attached hydrogens (tertiary/aromatic N) is 5.